The van der Waals surface area contributed by atoms with Crippen molar-refractivity contribution in [3.05, 3.63) is 65.0 Å². The van der Waals surface area contributed by atoms with E-state index in [-0.39, 0.29) is 11.1 Å². The van der Waals surface area contributed by atoms with Gasteiger partial charge in [-0.05, 0) is 49.8 Å². The van der Waals surface area contributed by atoms with Crippen LogP contribution in [0.25, 0.3) is 6.08 Å². The number of para-hydroxylation sites is 1. The van der Waals surface area contributed by atoms with Crippen LogP contribution in [0.3, 0.4) is 0 Å². The first-order chi connectivity index (χ1) is 12.6. The maximum absolute atomic E-state index is 13.0. The average Bonchev–Trinajstić information content (AvgIpc) is 2.65. The molecule has 0 N–H and O–H groups in total. The number of halogens is 1. The van der Waals surface area contributed by atoms with Crippen LogP contribution in [0.5, 0.6) is 11.5 Å². The van der Waals surface area contributed by atoms with E-state index >= 15 is 0 Å². The molecule has 0 radical (unpaired) electrons. The van der Waals surface area contributed by atoms with Gasteiger partial charge < -0.3 is 9.47 Å². The second-order valence-electron chi connectivity index (χ2n) is 5.46. The third-order valence-corrected chi connectivity index (χ3v) is 3.53. The lowest BCUT2D eigenvalue weighted by Gasteiger charge is -2.14. The average molecular weight is 353 g/mol. The predicted octanol–water partition coefficient (Wildman–Crippen LogP) is 4.80. The fraction of sp³-hybridized carbons (Fsp3) is 0.238. The Morgan fingerprint density at radius 2 is 1.88 bits per heavy atom. The number of hydrogen-bond donors (Lipinski definition) is 0. The first-order valence-electron chi connectivity index (χ1n) is 8.41. The Labute approximate surface area is 152 Å². The van der Waals surface area contributed by atoms with Gasteiger partial charge in [-0.1, -0.05) is 19.1 Å². The summed E-state index contributed by atoms with van der Waals surface area (Å²) in [7, 11) is 0. The maximum atomic E-state index is 13.0. The van der Waals surface area contributed by atoms with Gasteiger partial charge in [-0.2, -0.15) is 5.26 Å². The number of nitrogens with zero attached hydrogens (tertiary/aromatic N) is 1. The summed E-state index contributed by atoms with van der Waals surface area (Å²) in [6.45, 7) is 4.80. The van der Waals surface area contributed by atoms with Gasteiger partial charge >= 0.3 is 0 Å². The standard InChI is InChI=1S/C21H20FNO3/c1-3-12-26-21-16(6-5-7-19(21)25-4-2)13-17(14-23)20(24)15-8-10-18(22)11-9-15/h5-11,13H,3-4,12H2,1-2H3/b17-13+. The summed E-state index contributed by atoms with van der Waals surface area (Å²) < 4.78 is 24.4. The number of ether oxygens (including phenoxy) is 2. The first-order valence-corrected chi connectivity index (χ1v) is 8.41. The summed E-state index contributed by atoms with van der Waals surface area (Å²) in [6, 6.07) is 12.3. The van der Waals surface area contributed by atoms with E-state index in [0.717, 1.165) is 6.42 Å². The molecule has 0 aromatic heterocycles. The second kappa shape index (κ2) is 9.38. The minimum Gasteiger partial charge on any atom is -0.490 e. The zero-order valence-corrected chi connectivity index (χ0v) is 14.8. The van der Waals surface area contributed by atoms with Gasteiger partial charge in [0.1, 0.15) is 17.5 Å². The molecule has 0 amide bonds. The Morgan fingerprint density at radius 3 is 2.50 bits per heavy atom. The molecule has 0 aliphatic rings. The fourth-order valence-electron chi connectivity index (χ4n) is 2.34. The Hall–Kier alpha value is -3.13. The van der Waals surface area contributed by atoms with E-state index in [1.165, 1.54) is 30.3 Å². The molecule has 0 aliphatic heterocycles. The van der Waals surface area contributed by atoms with E-state index in [4.69, 9.17) is 9.47 Å². The fourth-order valence-corrected chi connectivity index (χ4v) is 2.34. The van der Waals surface area contributed by atoms with E-state index < -0.39 is 11.6 Å². The zero-order valence-electron chi connectivity index (χ0n) is 14.8. The van der Waals surface area contributed by atoms with E-state index in [0.29, 0.717) is 30.3 Å². The molecule has 26 heavy (non-hydrogen) atoms. The monoisotopic (exact) mass is 353 g/mol. The lowest BCUT2D eigenvalue weighted by Crippen LogP contribution is -2.04. The van der Waals surface area contributed by atoms with Crippen LogP contribution < -0.4 is 9.47 Å². The summed E-state index contributed by atoms with van der Waals surface area (Å²) in [5, 5.41) is 9.43. The normalized spacial score (nSPS) is 10.9. The summed E-state index contributed by atoms with van der Waals surface area (Å²) in [6.07, 6.45) is 2.28. The molecule has 4 nitrogen and oxygen atoms in total. The smallest absolute Gasteiger partial charge is 0.203 e. The van der Waals surface area contributed by atoms with Crippen LogP contribution in [0.4, 0.5) is 4.39 Å². The van der Waals surface area contributed by atoms with Gasteiger partial charge in [-0.3, -0.25) is 4.79 Å². The Balaban J connectivity index is 2.44. The molecule has 0 saturated carbocycles. The number of carbonyl (C=O) groups is 1. The number of benzene rings is 2. The lowest BCUT2D eigenvalue weighted by atomic mass is 10.0. The molecule has 0 bridgehead atoms. The minimum absolute atomic E-state index is 0.0633. The van der Waals surface area contributed by atoms with E-state index in [1.807, 2.05) is 19.9 Å². The van der Waals surface area contributed by atoms with Crippen LogP contribution >= 0.6 is 0 Å². The highest BCUT2D eigenvalue weighted by Gasteiger charge is 2.15. The van der Waals surface area contributed by atoms with Gasteiger partial charge in [0.25, 0.3) is 0 Å². The molecule has 0 fully saturated rings. The van der Waals surface area contributed by atoms with Crippen LogP contribution in [0, 0.1) is 17.1 Å². The van der Waals surface area contributed by atoms with Gasteiger partial charge in [0.15, 0.2) is 11.5 Å². The van der Waals surface area contributed by atoms with Crippen LogP contribution in [0.2, 0.25) is 0 Å². The molecule has 2 aromatic rings. The number of Topliss-reactive ketones (excluding diaryl/α,β-unsaturated/α-hetero) is 1. The molecule has 134 valence electrons. The van der Waals surface area contributed by atoms with E-state index in [9.17, 15) is 14.4 Å². The van der Waals surface area contributed by atoms with Gasteiger partial charge in [0.2, 0.25) is 5.78 Å². The van der Waals surface area contributed by atoms with Crippen LogP contribution in [-0.4, -0.2) is 19.0 Å². The third kappa shape index (κ3) is 4.70. The number of allylic oxidation sites excluding steroid dienone is 1. The van der Waals surface area contributed by atoms with Gasteiger partial charge in [0, 0.05) is 11.1 Å². The van der Waals surface area contributed by atoms with E-state index in [1.54, 1.807) is 18.2 Å². The highest BCUT2D eigenvalue weighted by molar-refractivity contribution is 6.14. The summed E-state index contributed by atoms with van der Waals surface area (Å²) in [5.41, 5.74) is 0.763. The van der Waals surface area contributed by atoms with Crippen molar-refractivity contribution < 1.29 is 18.7 Å². The number of hydrogen-bond acceptors (Lipinski definition) is 4. The molecule has 0 saturated heterocycles. The Morgan fingerprint density at radius 1 is 1.15 bits per heavy atom. The van der Waals surface area contributed by atoms with Crippen molar-refractivity contribution in [3.8, 4) is 17.6 Å². The van der Waals surface area contributed by atoms with Crippen LogP contribution in [0.15, 0.2) is 48.0 Å². The molecule has 0 atom stereocenters. The van der Waals surface area contributed by atoms with Crippen LogP contribution in [0.1, 0.15) is 36.2 Å². The second-order valence-corrected chi connectivity index (χ2v) is 5.46. The molecular formula is C21H20FNO3. The summed E-state index contributed by atoms with van der Waals surface area (Å²) >= 11 is 0. The lowest BCUT2D eigenvalue weighted by molar-refractivity contribution is 0.104. The molecule has 2 aromatic carbocycles. The van der Waals surface area contributed by atoms with Crippen molar-refractivity contribution in [2.24, 2.45) is 0 Å². The SMILES string of the molecule is CCCOc1c(/C=C(\C#N)C(=O)c2ccc(F)cc2)cccc1OCC. The highest BCUT2D eigenvalue weighted by atomic mass is 19.1. The molecule has 0 heterocycles. The van der Waals surface area contributed by atoms with Crippen molar-refractivity contribution in [3.63, 3.8) is 0 Å². The van der Waals surface area contributed by atoms with Crippen molar-refractivity contribution in [1.82, 2.24) is 0 Å². The molecule has 5 heteroatoms. The maximum Gasteiger partial charge on any atom is 0.203 e. The number of nitriles is 1. The number of ketones is 1. The van der Waals surface area contributed by atoms with Gasteiger partial charge in [-0.25, -0.2) is 4.39 Å². The highest BCUT2D eigenvalue weighted by Crippen LogP contribution is 2.33. The minimum atomic E-state index is -0.476. The Kier molecular flexibility index (Phi) is 6.92. The van der Waals surface area contributed by atoms with E-state index in [2.05, 4.69) is 0 Å². The molecule has 0 spiro atoms. The van der Waals surface area contributed by atoms with Gasteiger partial charge in [0.05, 0.1) is 13.2 Å². The Bertz CT molecular complexity index is 835. The third-order valence-electron chi connectivity index (χ3n) is 3.53. The number of carbonyl (C=O) groups excluding carboxylic acids is 1. The van der Waals surface area contributed by atoms with Crippen molar-refractivity contribution >= 4 is 11.9 Å². The summed E-state index contributed by atoms with van der Waals surface area (Å²) in [5.74, 6) is 0.136. The van der Waals surface area contributed by atoms with Crippen molar-refractivity contribution in [1.29, 1.82) is 5.26 Å². The summed E-state index contributed by atoms with van der Waals surface area (Å²) in [4.78, 5) is 12.5. The molecular weight excluding hydrogens is 333 g/mol. The molecule has 0 aliphatic carbocycles. The van der Waals surface area contributed by atoms with Gasteiger partial charge in [-0.15, -0.1) is 0 Å². The topological polar surface area (TPSA) is 59.3 Å². The van der Waals surface area contributed by atoms with Crippen molar-refractivity contribution in [2.45, 2.75) is 20.3 Å². The largest absolute Gasteiger partial charge is 0.490 e. The first kappa shape index (κ1) is 19.2. The van der Waals surface area contributed by atoms with Crippen molar-refractivity contribution in [2.75, 3.05) is 13.2 Å². The molecule has 0 unspecified atom stereocenters. The molecule has 2 rings (SSSR count). The quantitative estimate of drug-likeness (QED) is 0.388. The number of rotatable bonds is 8. The van der Waals surface area contributed by atoms with Crippen LogP contribution in [-0.2, 0) is 0 Å². The predicted molar refractivity (Wildman–Crippen MR) is 97.7 cm³/mol. The zero-order chi connectivity index (χ0) is 18.9.